The number of nitrogens with two attached hydrogens (primary N) is 1. The predicted octanol–water partition coefficient (Wildman–Crippen LogP) is 2.74. The number of carbonyl (C=O) groups excluding carboxylic acids is 1. The van der Waals surface area contributed by atoms with Gasteiger partial charge in [-0.15, -0.1) is 12.4 Å². The van der Waals surface area contributed by atoms with E-state index in [1.54, 1.807) is 0 Å². The molecule has 0 aliphatic heterocycles. The van der Waals surface area contributed by atoms with Crippen LogP contribution in [0.5, 0.6) is 0 Å². The monoisotopic (exact) mass is 256 g/mol. The Kier molecular flexibility index (Phi) is 8.46. The largest absolute Gasteiger partial charge is 0.325 e. The van der Waals surface area contributed by atoms with Gasteiger partial charge in [0.2, 0.25) is 5.91 Å². The van der Waals surface area contributed by atoms with Gasteiger partial charge in [-0.25, -0.2) is 0 Å². The molecule has 0 atom stereocenters. The lowest BCUT2D eigenvalue weighted by Crippen LogP contribution is -2.21. The lowest BCUT2D eigenvalue weighted by atomic mass is 10.1. The Bertz CT molecular complexity index is 325. The zero-order chi connectivity index (χ0) is 11.8. The normalized spacial score (nSPS) is 9.53. The average Bonchev–Trinajstić information content (AvgIpc) is 2.31. The van der Waals surface area contributed by atoms with Crippen molar-refractivity contribution in [3.63, 3.8) is 0 Å². The molecule has 0 aromatic heterocycles. The molecule has 1 aromatic carbocycles. The fraction of sp³-hybridized carbons (Fsp3) is 0.462. The van der Waals surface area contributed by atoms with Crippen molar-refractivity contribution in [1.82, 2.24) is 0 Å². The van der Waals surface area contributed by atoms with Gasteiger partial charge < -0.3 is 11.1 Å². The fourth-order valence-electron chi connectivity index (χ4n) is 1.55. The van der Waals surface area contributed by atoms with E-state index in [4.69, 9.17) is 5.73 Å². The van der Waals surface area contributed by atoms with Crippen LogP contribution in [-0.4, -0.2) is 12.5 Å². The second kappa shape index (κ2) is 9.02. The van der Waals surface area contributed by atoms with E-state index in [2.05, 4.69) is 24.4 Å². The van der Waals surface area contributed by atoms with Gasteiger partial charge in [0.15, 0.2) is 0 Å². The van der Waals surface area contributed by atoms with E-state index in [9.17, 15) is 4.79 Å². The highest BCUT2D eigenvalue weighted by molar-refractivity contribution is 5.92. The van der Waals surface area contributed by atoms with Crippen LogP contribution in [0, 0.1) is 0 Å². The minimum Gasteiger partial charge on any atom is -0.325 e. The van der Waals surface area contributed by atoms with Gasteiger partial charge in [-0.3, -0.25) is 4.79 Å². The summed E-state index contributed by atoms with van der Waals surface area (Å²) in [4.78, 5) is 11.0. The van der Waals surface area contributed by atoms with Crippen molar-refractivity contribution in [3.05, 3.63) is 29.8 Å². The van der Waals surface area contributed by atoms with Crippen LogP contribution in [0.15, 0.2) is 24.3 Å². The third-order valence-electron chi connectivity index (χ3n) is 2.49. The topological polar surface area (TPSA) is 55.1 Å². The highest BCUT2D eigenvalue weighted by Crippen LogP contribution is 2.12. The first-order valence-corrected chi connectivity index (χ1v) is 5.85. The van der Waals surface area contributed by atoms with Crippen LogP contribution in [0.3, 0.4) is 0 Å². The maximum atomic E-state index is 11.0. The number of hydrogen-bond acceptors (Lipinski definition) is 2. The van der Waals surface area contributed by atoms with Gasteiger partial charge >= 0.3 is 0 Å². The lowest BCUT2D eigenvalue weighted by molar-refractivity contribution is -0.114. The highest BCUT2D eigenvalue weighted by Gasteiger charge is 1.99. The molecule has 96 valence electrons. The van der Waals surface area contributed by atoms with E-state index in [1.807, 2.05) is 12.1 Å². The Morgan fingerprint density at radius 1 is 1.24 bits per heavy atom. The zero-order valence-electron chi connectivity index (χ0n) is 10.2. The van der Waals surface area contributed by atoms with Crippen molar-refractivity contribution < 1.29 is 4.79 Å². The van der Waals surface area contributed by atoms with Crippen molar-refractivity contribution in [3.8, 4) is 0 Å². The molecule has 0 aliphatic carbocycles. The van der Waals surface area contributed by atoms with Crippen molar-refractivity contribution >= 4 is 24.0 Å². The third kappa shape index (κ3) is 6.29. The molecular formula is C13H21ClN2O. The third-order valence-corrected chi connectivity index (χ3v) is 2.49. The van der Waals surface area contributed by atoms with Crippen LogP contribution >= 0.6 is 12.4 Å². The summed E-state index contributed by atoms with van der Waals surface area (Å²) < 4.78 is 0. The Hall–Kier alpha value is -1.06. The molecule has 0 fully saturated rings. The molecule has 1 amide bonds. The van der Waals surface area contributed by atoms with E-state index < -0.39 is 0 Å². The van der Waals surface area contributed by atoms with Crippen molar-refractivity contribution in [1.29, 1.82) is 0 Å². The smallest absolute Gasteiger partial charge is 0.238 e. The number of anilines is 1. The molecule has 3 N–H and O–H groups in total. The van der Waals surface area contributed by atoms with E-state index in [0.717, 1.165) is 12.1 Å². The summed E-state index contributed by atoms with van der Waals surface area (Å²) in [6.45, 7) is 2.23. The number of amides is 1. The van der Waals surface area contributed by atoms with Crippen molar-refractivity contribution in [2.75, 3.05) is 11.9 Å². The van der Waals surface area contributed by atoms with Gasteiger partial charge in [-0.05, 0) is 30.5 Å². The molecule has 0 radical (unpaired) electrons. The van der Waals surface area contributed by atoms with Gasteiger partial charge in [-0.1, -0.05) is 31.9 Å². The summed E-state index contributed by atoms with van der Waals surface area (Å²) >= 11 is 0. The number of aryl methyl sites for hydroxylation is 1. The first-order chi connectivity index (χ1) is 7.76. The Morgan fingerprint density at radius 3 is 2.41 bits per heavy atom. The number of carbonyl (C=O) groups is 1. The molecule has 0 saturated heterocycles. The maximum absolute atomic E-state index is 11.0. The number of hydrogen-bond donors (Lipinski definition) is 2. The summed E-state index contributed by atoms with van der Waals surface area (Å²) in [5.41, 5.74) is 7.35. The summed E-state index contributed by atoms with van der Waals surface area (Å²) in [7, 11) is 0. The number of halogens is 1. The summed E-state index contributed by atoms with van der Waals surface area (Å²) in [6.07, 6.45) is 4.85. The van der Waals surface area contributed by atoms with E-state index in [-0.39, 0.29) is 24.9 Å². The maximum Gasteiger partial charge on any atom is 0.238 e. The molecule has 1 aromatic rings. The summed E-state index contributed by atoms with van der Waals surface area (Å²) in [5.74, 6) is -0.154. The molecule has 3 nitrogen and oxygen atoms in total. The number of rotatable bonds is 6. The Morgan fingerprint density at radius 2 is 1.88 bits per heavy atom. The van der Waals surface area contributed by atoms with Crippen molar-refractivity contribution in [2.45, 2.75) is 32.6 Å². The number of nitrogens with one attached hydrogen (secondary N) is 1. The van der Waals surface area contributed by atoms with Gasteiger partial charge in [0.05, 0.1) is 6.54 Å². The van der Waals surface area contributed by atoms with Crippen LogP contribution in [0.2, 0.25) is 0 Å². The molecule has 0 spiro atoms. The fourth-order valence-corrected chi connectivity index (χ4v) is 1.55. The highest BCUT2D eigenvalue weighted by atomic mass is 35.5. The van der Waals surface area contributed by atoms with Crippen LogP contribution in [0.1, 0.15) is 31.7 Å². The van der Waals surface area contributed by atoms with Gasteiger partial charge in [0.25, 0.3) is 0 Å². The lowest BCUT2D eigenvalue weighted by Gasteiger charge is -2.05. The SMILES string of the molecule is CCCCCc1ccc(NC(=O)CN)cc1.Cl. The standard InChI is InChI=1S/C13H20N2O.ClH/c1-2-3-4-5-11-6-8-12(9-7-11)15-13(16)10-14;/h6-9H,2-5,10,14H2,1H3,(H,15,16);1H. The summed E-state index contributed by atoms with van der Waals surface area (Å²) in [6, 6.07) is 7.97. The first-order valence-electron chi connectivity index (χ1n) is 5.85. The molecule has 0 saturated carbocycles. The van der Waals surface area contributed by atoms with Crippen LogP contribution < -0.4 is 11.1 Å². The van der Waals surface area contributed by atoms with Crippen LogP contribution in [0.4, 0.5) is 5.69 Å². The second-order valence-electron chi connectivity index (χ2n) is 3.91. The van der Waals surface area contributed by atoms with Crippen LogP contribution in [-0.2, 0) is 11.2 Å². The number of unbranched alkanes of at least 4 members (excludes halogenated alkanes) is 2. The Balaban J connectivity index is 0.00000256. The van der Waals surface area contributed by atoms with Gasteiger partial charge in [-0.2, -0.15) is 0 Å². The summed E-state index contributed by atoms with van der Waals surface area (Å²) in [5, 5.41) is 2.72. The van der Waals surface area contributed by atoms with Gasteiger partial charge in [0.1, 0.15) is 0 Å². The minimum absolute atomic E-state index is 0. The zero-order valence-corrected chi connectivity index (χ0v) is 11.1. The second-order valence-corrected chi connectivity index (χ2v) is 3.91. The molecule has 0 aliphatic rings. The van der Waals surface area contributed by atoms with E-state index >= 15 is 0 Å². The van der Waals surface area contributed by atoms with Gasteiger partial charge in [0, 0.05) is 5.69 Å². The molecule has 17 heavy (non-hydrogen) atoms. The number of benzene rings is 1. The molecule has 0 unspecified atom stereocenters. The van der Waals surface area contributed by atoms with Crippen molar-refractivity contribution in [2.24, 2.45) is 5.73 Å². The first kappa shape index (κ1) is 15.9. The average molecular weight is 257 g/mol. The molecule has 4 heteroatoms. The quantitative estimate of drug-likeness (QED) is 0.769. The van der Waals surface area contributed by atoms with E-state index in [0.29, 0.717) is 0 Å². The van der Waals surface area contributed by atoms with Crippen LogP contribution in [0.25, 0.3) is 0 Å². The molecule has 0 heterocycles. The molecule has 0 bridgehead atoms. The van der Waals surface area contributed by atoms with E-state index in [1.165, 1.54) is 24.8 Å². The Labute approximate surface area is 109 Å². The minimum atomic E-state index is -0.154. The molecule has 1 rings (SSSR count). The molecular weight excluding hydrogens is 236 g/mol. The predicted molar refractivity (Wildman–Crippen MR) is 74.6 cm³/mol.